The number of carbonyl (C=O) groups is 5. The first-order valence-electron chi connectivity index (χ1n) is 12.6. The molecule has 0 aliphatic heterocycles. The number of primary amides is 1. The molecule has 3 aliphatic carbocycles. The molecule has 1 aromatic rings. The van der Waals surface area contributed by atoms with Gasteiger partial charge in [-0.15, -0.1) is 0 Å². The van der Waals surface area contributed by atoms with E-state index in [1.807, 2.05) is 37.0 Å². The number of nitrogens with zero attached hydrogens (tertiary/aromatic N) is 2. The number of aliphatic hydroxyl groups is 1. The summed E-state index contributed by atoms with van der Waals surface area (Å²) in [5, 5.41) is 22.6. The lowest BCUT2D eigenvalue weighted by molar-refractivity contribution is -0.175. The topological polar surface area (TPSA) is 158 Å². The van der Waals surface area contributed by atoms with Crippen molar-refractivity contribution in [3.05, 3.63) is 22.8 Å². The lowest BCUT2D eigenvalue weighted by Gasteiger charge is -2.48. The van der Waals surface area contributed by atoms with Gasteiger partial charge in [-0.3, -0.25) is 24.0 Å². The highest BCUT2D eigenvalue weighted by atomic mass is 16.3. The fourth-order valence-electron chi connectivity index (χ4n) is 6.57. The van der Waals surface area contributed by atoms with Gasteiger partial charge in [-0.25, -0.2) is 0 Å². The molecule has 0 spiro atoms. The summed E-state index contributed by atoms with van der Waals surface area (Å²) in [5.41, 5.74) is 4.50. The molecule has 0 saturated heterocycles. The van der Waals surface area contributed by atoms with Gasteiger partial charge in [-0.2, -0.15) is 0 Å². The first kappa shape index (κ1) is 26.9. The highest BCUT2D eigenvalue weighted by molar-refractivity contribution is 6.31. The van der Waals surface area contributed by atoms with E-state index in [4.69, 9.17) is 5.73 Å². The number of carbonyl (C=O) groups excluding carboxylic acids is 5. The van der Waals surface area contributed by atoms with Gasteiger partial charge in [-0.1, -0.05) is 13.8 Å². The van der Waals surface area contributed by atoms with Gasteiger partial charge in [0.2, 0.25) is 5.91 Å². The van der Waals surface area contributed by atoms with Crippen molar-refractivity contribution < 1.29 is 34.2 Å². The number of fused-ring (bicyclic) bond motifs is 3. The van der Waals surface area contributed by atoms with Crippen molar-refractivity contribution in [2.45, 2.75) is 45.3 Å². The Morgan fingerprint density at radius 2 is 1.78 bits per heavy atom. The van der Waals surface area contributed by atoms with Gasteiger partial charge in [0, 0.05) is 50.8 Å². The summed E-state index contributed by atoms with van der Waals surface area (Å²) in [6.45, 7) is 5.29. The Bertz CT molecular complexity index is 1210. The van der Waals surface area contributed by atoms with Gasteiger partial charge in [0.05, 0.1) is 11.5 Å². The predicted octanol–water partition coefficient (Wildman–Crippen LogP) is 0.481. The number of ketones is 4. The molecule has 10 heteroatoms. The van der Waals surface area contributed by atoms with Crippen molar-refractivity contribution in [3.63, 3.8) is 0 Å². The molecule has 4 rings (SSSR count). The number of anilines is 1. The van der Waals surface area contributed by atoms with Crippen molar-refractivity contribution >= 4 is 34.7 Å². The minimum atomic E-state index is -2.64. The number of Topliss-reactive ketones (excluding diaryl/α,β-unsaturated/α-hetero) is 4. The number of benzene rings is 1. The third-order valence-corrected chi connectivity index (χ3v) is 8.06. The van der Waals surface area contributed by atoms with Gasteiger partial charge < -0.3 is 25.7 Å². The van der Waals surface area contributed by atoms with Crippen LogP contribution in [0, 0.1) is 29.6 Å². The fourth-order valence-corrected chi connectivity index (χ4v) is 6.57. The molecule has 1 amide bonds. The third-order valence-electron chi connectivity index (χ3n) is 8.06. The molecule has 0 radical (unpaired) electrons. The van der Waals surface area contributed by atoms with Crippen LogP contribution in [0.4, 0.5) is 5.69 Å². The molecule has 0 aromatic heterocycles. The summed E-state index contributed by atoms with van der Waals surface area (Å²) in [6, 6.07) is 1.85. The Labute approximate surface area is 215 Å². The molecular weight excluding hydrogens is 478 g/mol. The second-order valence-corrected chi connectivity index (χ2v) is 11.5. The zero-order valence-electron chi connectivity index (χ0n) is 21.9. The van der Waals surface area contributed by atoms with Crippen LogP contribution in [-0.2, 0) is 32.1 Å². The van der Waals surface area contributed by atoms with Crippen LogP contribution in [0.2, 0.25) is 0 Å². The van der Waals surface area contributed by atoms with E-state index in [2.05, 4.69) is 13.8 Å². The zero-order chi connectivity index (χ0) is 27.6. The van der Waals surface area contributed by atoms with E-state index in [0.717, 1.165) is 12.2 Å². The second kappa shape index (κ2) is 9.33. The van der Waals surface area contributed by atoms with Crippen molar-refractivity contribution in [2.24, 2.45) is 35.3 Å². The summed E-state index contributed by atoms with van der Waals surface area (Å²) < 4.78 is 0. The maximum Gasteiger partial charge on any atom is 0.235 e. The molecular formula is C27H35N3O7. The van der Waals surface area contributed by atoms with Crippen LogP contribution in [-0.4, -0.2) is 77.4 Å². The lowest BCUT2D eigenvalue weighted by atomic mass is 9.53. The molecule has 2 fully saturated rings. The van der Waals surface area contributed by atoms with Crippen LogP contribution in [0.25, 0.3) is 0 Å². The third kappa shape index (κ3) is 4.16. The average molecular weight is 514 g/mol. The van der Waals surface area contributed by atoms with E-state index < -0.39 is 58.3 Å². The first-order chi connectivity index (χ1) is 17.2. The van der Waals surface area contributed by atoms with Gasteiger partial charge in [0.15, 0.2) is 34.7 Å². The van der Waals surface area contributed by atoms with E-state index in [-0.39, 0.29) is 30.6 Å². The molecule has 5 atom stereocenters. The van der Waals surface area contributed by atoms with E-state index >= 15 is 0 Å². The Balaban J connectivity index is 1.80. The van der Waals surface area contributed by atoms with Gasteiger partial charge >= 0.3 is 0 Å². The van der Waals surface area contributed by atoms with E-state index in [1.54, 1.807) is 0 Å². The Kier molecular flexibility index (Phi) is 6.79. The monoisotopic (exact) mass is 513 g/mol. The number of rotatable bonds is 6. The number of aromatic hydroxyl groups is 1. The Morgan fingerprint density at radius 3 is 2.35 bits per heavy atom. The average Bonchev–Trinajstić information content (AvgIpc) is 2.77. The summed E-state index contributed by atoms with van der Waals surface area (Å²) in [4.78, 5) is 68.8. The van der Waals surface area contributed by atoms with Crippen LogP contribution in [0.5, 0.6) is 5.75 Å². The summed E-state index contributed by atoms with van der Waals surface area (Å²) >= 11 is 0. The van der Waals surface area contributed by atoms with Crippen LogP contribution >= 0.6 is 0 Å². The molecule has 0 bridgehead atoms. The quantitative estimate of drug-likeness (QED) is 0.460. The standard InChI is InChI=1S/C27H35N3O7/c1-12(2)10-30(5)11-14-8-17(29(3)4)16-7-13-6-15-9-18(31)21(26(28)36)25(35)27(15,37)24(34)19(13)23(33)20(16)22(14)32/h8,12-13,15,19,21,32,37H,6-7,9-11H2,1-5H3,(H2,28,36)/t13-,15+,19?,21?,27+/m1/s1. The molecule has 3 aliphatic rings. The minimum Gasteiger partial charge on any atom is -0.507 e. The summed E-state index contributed by atoms with van der Waals surface area (Å²) in [7, 11) is 5.58. The number of hydrogen-bond acceptors (Lipinski definition) is 9. The highest BCUT2D eigenvalue weighted by Gasteiger charge is 2.66. The van der Waals surface area contributed by atoms with Crippen molar-refractivity contribution in [2.75, 3.05) is 32.6 Å². The Morgan fingerprint density at radius 1 is 1.14 bits per heavy atom. The maximum absolute atomic E-state index is 13.9. The highest BCUT2D eigenvalue weighted by Crippen LogP contribution is 2.51. The number of phenolic OH excluding ortho intramolecular Hbond substituents is 1. The van der Waals surface area contributed by atoms with Crippen LogP contribution < -0.4 is 10.6 Å². The van der Waals surface area contributed by atoms with Crippen LogP contribution in [0.3, 0.4) is 0 Å². The van der Waals surface area contributed by atoms with E-state index in [0.29, 0.717) is 23.6 Å². The maximum atomic E-state index is 13.9. The van der Waals surface area contributed by atoms with Gasteiger partial charge in [0.1, 0.15) is 5.75 Å². The van der Waals surface area contributed by atoms with Crippen molar-refractivity contribution in [1.82, 2.24) is 4.90 Å². The SMILES string of the molecule is CC(C)CN(C)Cc1cc(N(C)C)c2c(c1O)C(=O)C1C(=O)[C@]3(O)C(=O)C(C(N)=O)C(=O)C[C@@H]3C[C@@H]1C2. The van der Waals surface area contributed by atoms with Gasteiger partial charge in [0.25, 0.3) is 0 Å². The second-order valence-electron chi connectivity index (χ2n) is 11.5. The smallest absolute Gasteiger partial charge is 0.235 e. The molecule has 4 N–H and O–H groups in total. The Hall–Kier alpha value is -3.11. The number of phenols is 1. The molecule has 37 heavy (non-hydrogen) atoms. The van der Waals surface area contributed by atoms with Crippen LogP contribution in [0.15, 0.2) is 6.07 Å². The largest absolute Gasteiger partial charge is 0.507 e. The van der Waals surface area contributed by atoms with Gasteiger partial charge in [-0.05, 0) is 43.4 Å². The molecule has 10 nitrogen and oxygen atoms in total. The molecule has 2 saturated carbocycles. The van der Waals surface area contributed by atoms with Crippen molar-refractivity contribution in [1.29, 1.82) is 0 Å². The van der Waals surface area contributed by atoms with Crippen molar-refractivity contribution in [3.8, 4) is 5.75 Å². The van der Waals surface area contributed by atoms with Crippen LogP contribution in [0.1, 0.15) is 48.2 Å². The normalized spacial score (nSPS) is 29.3. The number of nitrogens with two attached hydrogens (primary N) is 1. The molecule has 200 valence electrons. The minimum absolute atomic E-state index is 0.0292. The zero-order valence-corrected chi connectivity index (χ0v) is 21.9. The first-order valence-corrected chi connectivity index (χ1v) is 12.6. The molecule has 2 unspecified atom stereocenters. The predicted molar refractivity (Wildman–Crippen MR) is 134 cm³/mol. The summed E-state index contributed by atoms with van der Waals surface area (Å²) in [5.74, 6) is -9.55. The fraction of sp³-hybridized carbons (Fsp3) is 0.593. The van der Waals surface area contributed by atoms with E-state index in [9.17, 15) is 34.2 Å². The molecule has 1 aromatic carbocycles. The molecule has 0 heterocycles. The lowest BCUT2D eigenvalue weighted by Crippen LogP contribution is -2.68. The number of amides is 1. The summed E-state index contributed by atoms with van der Waals surface area (Å²) in [6.07, 6.45) is -0.0127. The number of hydrogen-bond donors (Lipinski definition) is 3. The van der Waals surface area contributed by atoms with E-state index in [1.165, 1.54) is 0 Å².